The van der Waals surface area contributed by atoms with Crippen molar-refractivity contribution in [3.8, 4) is 34.1 Å². The maximum absolute atomic E-state index is 7.01. The number of hydrogen-bond donors (Lipinski definition) is 0. The van der Waals surface area contributed by atoms with Gasteiger partial charge in [0.2, 0.25) is 5.69 Å². The fraction of sp³-hybridized carbons (Fsp3) is 0.194. The summed E-state index contributed by atoms with van der Waals surface area (Å²) in [4.78, 5) is 0. The van der Waals surface area contributed by atoms with Gasteiger partial charge in [-0.25, -0.2) is 4.57 Å². The molecule has 7 aromatic rings. The van der Waals surface area contributed by atoms with Crippen LogP contribution in [0.4, 0.5) is 0 Å². The van der Waals surface area contributed by atoms with Gasteiger partial charge in [-0.15, -0.1) is 0 Å². The number of nitrogens with zero attached hydrogens (tertiary/aromatic N) is 1. The molecule has 4 heteroatoms. The molecule has 0 saturated heterocycles. The van der Waals surface area contributed by atoms with E-state index in [1.165, 1.54) is 33.2 Å². The van der Waals surface area contributed by atoms with Gasteiger partial charge in [-0.3, -0.25) is 0 Å². The maximum Gasteiger partial charge on any atom is 0.228 e. The zero-order valence-electron chi connectivity index (χ0n) is 23.4. The van der Waals surface area contributed by atoms with Crippen molar-refractivity contribution < 1.29 is 18.1 Å². The number of rotatable bonds is 2. The number of benzene rings is 4. The van der Waals surface area contributed by atoms with Gasteiger partial charge in [0.15, 0.2) is 6.20 Å². The Bertz CT molecular complexity index is 2160. The standard InChI is InChI=1S/C36H30NO3/c1-20-22-9-6-7-10-23(22)27(19-36(2,3)4)35-31(20)33-32-25(14-15-37(33)5)34-26(18-30(32)40-35)24-13-12-21(17-29(24)39-34)28-11-8-16-38-28/h6-18H,19H2,1-5H3/q+1. The second-order valence-corrected chi connectivity index (χ2v) is 12.3. The molecule has 4 aromatic carbocycles. The van der Waals surface area contributed by atoms with E-state index in [1.807, 2.05) is 12.1 Å². The molecule has 0 radical (unpaired) electrons. The fourth-order valence-corrected chi connectivity index (χ4v) is 6.59. The quantitative estimate of drug-likeness (QED) is 0.211. The SMILES string of the molecule is Cc1c2c(c(CC(C)(C)C)c3ccccc13)Oc1cc3c4ccc(-c5ccco5)cc4oc3c3cc[n+](C)c-2c13. The highest BCUT2D eigenvalue weighted by atomic mass is 16.5. The lowest BCUT2D eigenvalue weighted by molar-refractivity contribution is -0.659. The van der Waals surface area contributed by atoms with E-state index < -0.39 is 0 Å². The number of fused-ring (bicyclic) bond motifs is 7. The van der Waals surface area contributed by atoms with Crippen LogP contribution in [0.25, 0.3) is 66.1 Å². The van der Waals surface area contributed by atoms with Crippen molar-refractivity contribution in [1.29, 1.82) is 0 Å². The average molecular weight is 525 g/mol. The number of hydrogen-bond acceptors (Lipinski definition) is 3. The molecule has 0 spiro atoms. The Morgan fingerprint density at radius 2 is 1.65 bits per heavy atom. The number of furan rings is 2. The smallest absolute Gasteiger partial charge is 0.228 e. The predicted octanol–water partition coefficient (Wildman–Crippen LogP) is 9.65. The van der Waals surface area contributed by atoms with Crippen LogP contribution >= 0.6 is 0 Å². The minimum Gasteiger partial charge on any atom is -0.464 e. The van der Waals surface area contributed by atoms with Crippen molar-refractivity contribution in [3.05, 3.63) is 90.3 Å². The molecule has 0 bridgehead atoms. The summed E-state index contributed by atoms with van der Waals surface area (Å²) in [6, 6.07) is 23.2. The first kappa shape index (κ1) is 23.3. The molecule has 0 N–H and O–H groups in total. The van der Waals surface area contributed by atoms with E-state index >= 15 is 0 Å². The highest BCUT2D eigenvalue weighted by Crippen LogP contribution is 2.53. The van der Waals surface area contributed by atoms with Crippen LogP contribution in [0.15, 0.2) is 88.0 Å². The van der Waals surface area contributed by atoms with E-state index in [1.54, 1.807) is 6.26 Å². The Balaban J connectivity index is 1.48. The highest BCUT2D eigenvalue weighted by molar-refractivity contribution is 6.20. The largest absolute Gasteiger partial charge is 0.464 e. The van der Waals surface area contributed by atoms with Gasteiger partial charge in [0.1, 0.15) is 40.9 Å². The third-order valence-electron chi connectivity index (χ3n) is 8.31. The van der Waals surface area contributed by atoms with Crippen LogP contribution in [0.1, 0.15) is 31.9 Å². The maximum atomic E-state index is 7.01. The topological polar surface area (TPSA) is 39.4 Å². The zero-order chi connectivity index (χ0) is 27.3. The summed E-state index contributed by atoms with van der Waals surface area (Å²) < 4.78 is 21.5. The summed E-state index contributed by atoms with van der Waals surface area (Å²) in [5.41, 5.74) is 7.67. The van der Waals surface area contributed by atoms with Gasteiger partial charge in [-0.2, -0.15) is 0 Å². The summed E-state index contributed by atoms with van der Waals surface area (Å²) in [6.07, 6.45) is 4.76. The summed E-state index contributed by atoms with van der Waals surface area (Å²) in [6.45, 7) is 9.11. The van der Waals surface area contributed by atoms with Crippen molar-refractivity contribution in [1.82, 2.24) is 0 Å². The van der Waals surface area contributed by atoms with E-state index in [-0.39, 0.29) is 5.41 Å². The molecular formula is C36H30NO3+. The molecule has 0 unspecified atom stereocenters. The van der Waals surface area contributed by atoms with Gasteiger partial charge in [-0.1, -0.05) is 51.1 Å². The van der Waals surface area contributed by atoms with Crippen LogP contribution < -0.4 is 9.30 Å². The minimum atomic E-state index is 0.0973. The lowest BCUT2D eigenvalue weighted by Crippen LogP contribution is -2.32. The van der Waals surface area contributed by atoms with Crippen molar-refractivity contribution in [2.45, 2.75) is 34.1 Å². The van der Waals surface area contributed by atoms with Crippen LogP contribution in [0.2, 0.25) is 0 Å². The lowest BCUT2D eigenvalue weighted by atomic mass is 9.81. The van der Waals surface area contributed by atoms with E-state index in [0.717, 1.165) is 62.0 Å². The molecule has 0 fully saturated rings. The fourth-order valence-electron chi connectivity index (χ4n) is 6.59. The Labute approximate surface area is 232 Å². The summed E-state index contributed by atoms with van der Waals surface area (Å²) in [5, 5.41) is 6.83. The Morgan fingerprint density at radius 1 is 0.825 bits per heavy atom. The van der Waals surface area contributed by atoms with Gasteiger partial charge >= 0.3 is 0 Å². The minimum absolute atomic E-state index is 0.0973. The number of ether oxygens (including phenoxy) is 1. The molecule has 1 aliphatic rings. The second kappa shape index (κ2) is 7.98. The Kier molecular flexibility index (Phi) is 4.66. The molecule has 0 atom stereocenters. The molecule has 0 amide bonds. The summed E-state index contributed by atoms with van der Waals surface area (Å²) >= 11 is 0. The second-order valence-electron chi connectivity index (χ2n) is 12.3. The molecule has 196 valence electrons. The van der Waals surface area contributed by atoms with Crippen LogP contribution in [0.5, 0.6) is 11.5 Å². The molecule has 8 rings (SSSR count). The normalized spacial score (nSPS) is 12.9. The van der Waals surface area contributed by atoms with Crippen LogP contribution in [-0.2, 0) is 13.5 Å². The first-order chi connectivity index (χ1) is 19.3. The third-order valence-corrected chi connectivity index (χ3v) is 8.31. The molecule has 4 nitrogen and oxygen atoms in total. The lowest BCUT2D eigenvalue weighted by Gasteiger charge is -2.28. The molecule has 1 aliphatic heterocycles. The summed E-state index contributed by atoms with van der Waals surface area (Å²) in [7, 11) is 2.13. The molecule has 0 saturated carbocycles. The van der Waals surface area contributed by atoms with Gasteiger partial charge in [0.25, 0.3) is 0 Å². The summed E-state index contributed by atoms with van der Waals surface area (Å²) in [5.74, 6) is 2.69. The number of pyridine rings is 1. The first-order valence-electron chi connectivity index (χ1n) is 13.9. The molecular weight excluding hydrogens is 494 g/mol. The van der Waals surface area contributed by atoms with Crippen molar-refractivity contribution >= 4 is 43.5 Å². The van der Waals surface area contributed by atoms with E-state index in [9.17, 15) is 0 Å². The Morgan fingerprint density at radius 3 is 2.42 bits per heavy atom. The monoisotopic (exact) mass is 524 g/mol. The number of aryl methyl sites for hydroxylation is 2. The predicted molar refractivity (Wildman–Crippen MR) is 161 cm³/mol. The first-order valence-corrected chi connectivity index (χ1v) is 13.9. The molecule has 3 aromatic heterocycles. The van der Waals surface area contributed by atoms with Crippen LogP contribution in [0.3, 0.4) is 0 Å². The van der Waals surface area contributed by atoms with E-state index in [2.05, 4.69) is 100 Å². The van der Waals surface area contributed by atoms with Gasteiger partial charge < -0.3 is 13.6 Å². The van der Waals surface area contributed by atoms with Crippen LogP contribution in [-0.4, -0.2) is 0 Å². The Hall–Kier alpha value is -4.57. The zero-order valence-corrected chi connectivity index (χ0v) is 23.4. The molecule has 4 heterocycles. The van der Waals surface area contributed by atoms with Gasteiger partial charge in [-0.05, 0) is 65.4 Å². The number of aromatic nitrogens is 1. The van der Waals surface area contributed by atoms with Crippen molar-refractivity contribution in [3.63, 3.8) is 0 Å². The van der Waals surface area contributed by atoms with E-state index in [0.29, 0.717) is 0 Å². The average Bonchev–Trinajstić information content (AvgIpc) is 3.60. The van der Waals surface area contributed by atoms with E-state index in [4.69, 9.17) is 13.6 Å². The third kappa shape index (κ3) is 3.22. The molecule has 0 aliphatic carbocycles. The van der Waals surface area contributed by atoms with Crippen molar-refractivity contribution in [2.75, 3.05) is 0 Å². The van der Waals surface area contributed by atoms with Crippen LogP contribution in [0, 0.1) is 12.3 Å². The highest BCUT2D eigenvalue weighted by Gasteiger charge is 2.35. The van der Waals surface area contributed by atoms with Gasteiger partial charge in [0, 0.05) is 33.4 Å². The van der Waals surface area contributed by atoms with Gasteiger partial charge in [0.05, 0.1) is 11.8 Å². The molecule has 40 heavy (non-hydrogen) atoms. The van der Waals surface area contributed by atoms with Crippen molar-refractivity contribution in [2.24, 2.45) is 12.5 Å².